The van der Waals surface area contributed by atoms with E-state index < -0.39 is 6.10 Å². The summed E-state index contributed by atoms with van der Waals surface area (Å²) in [4.78, 5) is 7.93. The van der Waals surface area contributed by atoms with E-state index in [-0.39, 0.29) is 0 Å². The summed E-state index contributed by atoms with van der Waals surface area (Å²) in [5, 5.41) is 14.0. The van der Waals surface area contributed by atoms with Crippen LogP contribution in [0.4, 0.5) is 0 Å². The van der Waals surface area contributed by atoms with E-state index in [0.29, 0.717) is 18.0 Å². The lowest BCUT2D eigenvalue weighted by Crippen LogP contribution is -2.04. The van der Waals surface area contributed by atoms with Crippen molar-refractivity contribution >= 4 is 11.3 Å². The van der Waals surface area contributed by atoms with Gasteiger partial charge in [0.1, 0.15) is 12.4 Å². The van der Waals surface area contributed by atoms with E-state index in [1.807, 2.05) is 16.8 Å². The van der Waals surface area contributed by atoms with E-state index in [1.54, 1.807) is 17.4 Å². The maximum atomic E-state index is 9.97. The third-order valence-electron chi connectivity index (χ3n) is 2.22. The van der Waals surface area contributed by atoms with Gasteiger partial charge in [-0.15, -0.1) is 0 Å². The van der Waals surface area contributed by atoms with Gasteiger partial charge in [0.05, 0.1) is 12.8 Å². The summed E-state index contributed by atoms with van der Waals surface area (Å²) in [6, 6.07) is 3.64. The van der Waals surface area contributed by atoms with Crippen molar-refractivity contribution in [2.24, 2.45) is 0 Å². The molecule has 0 aromatic carbocycles. The van der Waals surface area contributed by atoms with Gasteiger partial charge in [-0.05, 0) is 22.4 Å². The van der Waals surface area contributed by atoms with Gasteiger partial charge in [0.25, 0.3) is 0 Å². The number of rotatable bonds is 4. The van der Waals surface area contributed by atoms with Crippen molar-refractivity contribution in [1.29, 1.82) is 0 Å². The minimum Gasteiger partial charge on any atom is -0.481 e. The fraction of sp³-hybridized carbons (Fsp3) is 0.273. The van der Waals surface area contributed by atoms with Crippen LogP contribution < -0.4 is 4.74 Å². The fourth-order valence-corrected chi connectivity index (χ4v) is 2.07. The molecule has 0 aliphatic carbocycles. The lowest BCUT2D eigenvalue weighted by Gasteiger charge is -2.09. The highest BCUT2D eigenvalue weighted by Gasteiger charge is 2.11. The van der Waals surface area contributed by atoms with Crippen LogP contribution in [0.2, 0.25) is 0 Å². The van der Waals surface area contributed by atoms with Crippen molar-refractivity contribution in [3.8, 4) is 5.88 Å². The summed E-state index contributed by atoms with van der Waals surface area (Å²) in [5.74, 6) is 0.467. The number of methoxy groups -OCH3 is 1. The van der Waals surface area contributed by atoms with Crippen LogP contribution in [0.25, 0.3) is 0 Å². The van der Waals surface area contributed by atoms with E-state index in [9.17, 15) is 5.11 Å². The van der Waals surface area contributed by atoms with Crippen LogP contribution in [0.1, 0.15) is 17.4 Å². The highest BCUT2D eigenvalue weighted by molar-refractivity contribution is 7.07. The molecule has 0 saturated carbocycles. The molecule has 2 rings (SSSR count). The third-order valence-corrected chi connectivity index (χ3v) is 2.95. The molecule has 2 aromatic heterocycles. The molecule has 0 bridgehead atoms. The average Bonchev–Trinajstić information content (AvgIpc) is 2.82. The predicted molar refractivity (Wildman–Crippen MR) is 61.6 cm³/mol. The third kappa shape index (κ3) is 2.56. The van der Waals surface area contributed by atoms with Crippen molar-refractivity contribution in [1.82, 2.24) is 9.97 Å². The molecule has 16 heavy (non-hydrogen) atoms. The summed E-state index contributed by atoms with van der Waals surface area (Å²) >= 11 is 1.62. The Morgan fingerprint density at radius 3 is 3.06 bits per heavy atom. The van der Waals surface area contributed by atoms with Gasteiger partial charge in [0.2, 0.25) is 5.88 Å². The van der Waals surface area contributed by atoms with Gasteiger partial charge >= 0.3 is 0 Å². The monoisotopic (exact) mass is 236 g/mol. The van der Waals surface area contributed by atoms with Gasteiger partial charge in [-0.1, -0.05) is 0 Å². The number of thiophene rings is 1. The molecule has 84 valence electrons. The smallest absolute Gasteiger partial charge is 0.216 e. The van der Waals surface area contributed by atoms with E-state index >= 15 is 0 Å². The van der Waals surface area contributed by atoms with E-state index in [4.69, 9.17) is 4.74 Å². The first-order chi connectivity index (χ1) is 7.79. The Bertz CT molecular complexity index is 445. The Morgan fingerprint density at radius 2 is 2.38 bits per heavy atom. The van der Waals surface area contributed by atoms with Crippen molar-refractivity contribution in [2.75, 3.05) is 7.11 Å². The second-order valence-electron chi connectivity index (χ2n) is 3.34. The molecule has 4 nitrogen and oxygen atoms in total. The zero-order valence-corrected chi connectivity index (χ0v) is 9.65. The average molecular weight is 236 g/mol. The molecular weight excluding hydrogens is 224 g/mol. The molecule has 0 fully saturated rings. The lowest BCUT2D eigenvalue weighted by molar-refractivity contribution is 0.173. The van der Waals surface area contributed by atoms with Crippen LogP contribution in [0, 0.1) is 0 Å². The van der Waals surface area contributed by atoms with Crippen LogP contribution in [-0.4, -0.2) is 22.2 Å². The van der Waals surface area contributed by atoms with Crippen LogP contribution in [-0.2, 0) is 6.42 Å². The molecule has 0 radical (unpaired) electrons. The maximum absolute atomic E-state index is 9.97. The second kappa shape index (κ2) is 5.05. The first kappa shape index (κ1) is 11.0. The molecule has 0 aliphatic rings. The minimum absolute atomic E-state index is 0.467. The summed E-state index contributed by atoms with van der Waals surface area (Å²) in [6.45, 7) is 0. The molecular formula is C11H12N2O2S. The zero-order chi connectivity index (χ0) is 11.4. The topological polar surface area (TPSA) is 55.2 Å². The largest absolute Gasteiger partial charge is 0.481 e. The standard InChI is InChI=1S/C11H12N2O2S/c1-15-11-5-9(12-7-13-11)10(14)4-8-2-3-16-6-8/h2-3,5-7,10,14H,4H2,1H3. The number of hydrogen-bond donors (Lipinski definition) is 1. The van der Waals surface area contributed by atoms with Gasteiger partial charge in [-0.2, -0.15) is 11.3 Å². The molecule has 0 saturated heterocycles. The first-order valence-electron chi connectivity index (χ1n) is 4.84. The lowest BCUT2D eigenvalue weighted by atomic mass is 10.1. The normalized spacial score (nSPS) is 12.4. The van der Waals surface area contributed by atoms with Crippen LogP contribution in [0.3, 0.4) is 0 Å². The molecule has 1 N–H and O–H groups in total. The number of nitrogens with zero attached hydrogens (tertiary/aromatic N) is 2. The summed E-state index contributed by atoms with van der Waals surface area (Å²) in [5.41, 5.74) is 1.69. The quantitative estimate of drug-likeness (QED) is 0.879. The summed E-state index contributed by atoms with van der Waals surface area (Å²) in [7, 11) is 1.54. The molecule has 1 unspecified atom stereocenters. The highest BCUT2D eigenvalue weighted by Crippen LogP contribution is 2.19. The van der Waals surface area contributed by atoms with Gasteiger partial charge < -0.3 is 9.84 Å². The van der Waals surface area contributed by atoms with Crippen molar-refractivity contribution < 1.29 is 9.84 Å². The Hall–Kier alpha value is -1.46. The number of ether oxygens (including phenoxy) is 1. The van der Waals surface area contributed by atoms with E-state index in [1.165, 1.54) is 13.4 Å². The van der Waals surface area contributed by atoms with Gasteiger partial charge in [-0.3, -0.25) is 0 Å². The van der Waals surface area contributed by atoms with Gasteiger partial charge in [-0.25, -0.2) is 9.97 Å². The Morgan fingerprint density at radius 1 is 1.50 bits per heavy atom. The maximum Gasteiger partial charge on any atom is 0.216 e. The summed E-state index contributed by atoms with van der Waals surface area (Å²) in [6.07, 6.45) is 1.33. The molecule has 2 aromatic rings. The molecule has 0 amide bonds. The fourth-order valence-electron chi connectivity index (χ4n) is 1.38. The minimum atomic E-state index is -0.619. The molecule has 0 aliphatic heterocycles. The summed E-state index contributed by atoms with van der Waals surface area (Å²) < 4.78 is 4.98. The molecule has 5 heteroatoms. The van der Waals surface area contributed by atoms with Crippen LogP contribution in [0.5, 0.6) is 5.88 Å². The number of aliphatic hydroxyl groups excluding tert-OH is 1. The number of aliphatic hydroxyl groups is 1. The SMILES string of the molecule is COc1cc(C(O)Cc2ccsc2)ncn1. The van der Waals surface area contributed by atoms with Crippen molar-refractivity contribution in [3.63, 3.8) is 0 Å². The molecule has 1 atom stereocenters. The van der Waals surface area contributed by atoms with Crippen LogP contribution in [0.15, 0.2) is 29.2 Å². The van der Waals surface area contributed by atoms with E-state index in [2.05, 4.69) is 9.97 Å². The Labute approximate surface area is 97.6 Å². The van der Waals surface area contributed by atoms with Gasteiger partial charge in [0.15, 0.2) is 0 Å². The zero-order valence-electron chi connectivity index (χ0n) is 8.83. The molecule has 2 heterocycles. The first-order valence-corrected chi connectivity index (χ1v) is 5.79. The number of aromatic nitrogens is 2. The Balaban J connectivity index is 2.11. The number of hydrogen-bond acceptors (Lipinski definition) is 5. The predicted octanol–water partition coefficient (Wildman–Crippen LogP) is 1.82. The van der Waals surface area contributed by atoms with Crippen molar-refractivity contribution in [2.45, 2.75) is 12.5 Å². The van der Waals surface area contributed by atoms with Gasteiger partial charge in [0, 0.05) is 12.5 Å². The van der Waals surface area contributed by atoms with Crippen LogP contribution >= 0.6 is 11.3 Å². The highest BCUT2D eigenvalue weighted by atomic mass is 32.1. The van der Waals surface area contributed by atoms with E-state index in [0.717, 1.165) is 5.56 Å². The Kier molecular flexibility index (Phi) is 3.48. The second-order valence-corrected chi connectivity index (χ2v) is 4.12. The molecule has 0 spiro atoms. The van der Waals surface area contributed by atoms with Crippen molar-refractivity contribution in [3.05, 3.63) is 40.5 Å².